The molecule has 0 unspecified atom stereocenters. The van der Waals surface area contributed by atoms with Crippen molar-refractivity contribution in [1.82, 2.24) is 14.8 Å². The minimum atomic E-state index is -0.799. The number of aromatic nitrogens is 3. The molecule has 0 fully saturated rings. The molecule has 0 saturated carbocycles. The Labute approximate surface area is 92.9 Å². The second-order valence-electron chi connectivity index (χ2n) is 3.51. The SMILES string of the molecule is Cc1nnc(CSCC(=O)O)n1C(C)C. The van der Waals surface area contributed by atoms with Crippen molar-refractivity contribution in [3.05, 3.63) is 11.6 Å². The van der Waals surface area contributed by atoms with Crippen molar-refractivity contribution in [1.29, 1.82) is 0 Å². The first kappa shape index (κ1) is 12.0. The maximum atomic E-state index is 10.3. The fourth-order valence-corrected chi connectivity index (χ4v) is 2.07. The molecule has 1 rings (SSSR count). The van der Waals surface area contributed by atoms with Crippen LogP contribution < -0.4 is 0 Å². The monoisotopic (exact) mass is 229 g/mol. The Morgan fingerprint density at radius 3 is 2.73 bits per heavy atom. The summed E-state index contributed by atoms with van der Waals surface area (Å²) in [6.45, 7) is 6.02. The zero-order chi connectivity index (χ0) is 11.4. The fourth-order valence-electron chi connectivity index (χ4n) is 1.41. The van der Waals surface area contributed by atoms with Gasteiger partial charge in [-0.3, -0.25) is 4.79 Å². The van der Waals surface area contributed by atoms with Crippen molar-refractivity contribution < 1.29 is 9.90 Å². The zero-order valence-electron chi connectivity index (χ0n) is 9.10. The molecule has 0 atom stereocenters. The van der Waals surface area contributed by atoms with Gasteiger partial charge < -0.3 is 9.67 Å². The van der Waals surface area contributed by atoms with E-state index in [1.54, 1.807) is 0 Å². The van der Waals surface area contributed by atoms with E-state index in [0.29, 0.717) is 11.8 Å². The predicted molar refractivity (Wildman–Crippen MR) is 58.9 cm³/mol. The Hall–Kier alpha value is -1.04. The Kier molecular flexibility index (Phi) is 4.14. The average Bonchev–Trinajstić information content (AvgIpc) is 2.46. The van der Waals surface area contributed by atoms with E-state index in [9.17, 15) is 4.79 Å². The number of nitrogens with zero attached hydrogens (tertiary/aromatic N) is 3. The number of carboxylic acids is 1. The van der Waals surface area contributed by atoms with Crippen molar-refractivity contribution in [2.45, 2.75) is 32.6 Å². The molecule has 0 spiro atoms. The molecule has 1 heterocycles. The minimum absolute atomic E-state index is 0.101. The summed E-state index contributed by atoms with van der Waals surface area (Å²) in [7, 11) is 0. The average molecular weight is 229 g/mol. The smallest absolute Gasteiger partial charge is 0.313 e. The van der Waals surface area contributed by atoms with Crippen molar-refractivity contribution in [3.8, 4) is 0 Å². The molecule has 1 aromatic heterocycles. The molecule has 0 aliphatic heterocycles. The highest BCUT2D eigenvalue weighted by molar-refractivity contribution is 7.99. The normalized spacial score (nSPS) is 10.9. The Bertz CT molecular complexity index is 349. The Morgan fingerprint density at radius 1 is 1.53 bits per heavy atom. The minimum Gasteiger partial charge on any atom is -0.481 e. The van der Waals surface area contributed by atoms with Gasteiger partial charge in [-0.2, -0.15) is 0 Å². The van der Waals surface area contributed by atoms with Crippen LogP contribution in [0, 0.1) is 6.92 Å². The van der Waals surface area contributed by atoms with E-state index in [1.165, 1.54) is 11.8 Å². The first-order valence-electron chi connectivity index (χ1n) is 4.72. The van der Waals surface area contributed by atoms with Crippen LogP contribution in [-0.2, 0) is 10.5 Å². The molecule has 0 saturated heterocycles. The largest absolute Gasteiger partial charge is 0.481 e. The standard InChI is InChI=1S/C9H15N3O2S/c1-6(2)12-7(3)10-11-8(12)4-15-5-9(13)14/h6H,4-5H2,1-3H3,(H,13,14). The molecule has 0 bridgehead atoms. The molecular weight excluding hydrogens is 214 g/mol. The molecule has 0 aromatic carbocycles. The summed E-state index contributed by atoms with van der Waals surface area (Å²) >= 11 is 1.34. The lowest BCUT2D eigenvalue weighted by atomic mass is 10.3. The molecule has 6 heteroatoms. The van der Waals surface area contributed by atoms with Crippen molar-refractivity contribution in [3.63, 3.8) is 0 Å². The van der Waals surface area contributed by atoms with Crippen LogP contribution >= 0.6 is 11.8 Å². The number of carboxylic acid groups (broad SMARTS) is 1. The number of rotatable bonds is 5. The van der Waals surface area contributed by atoms with Crippen LogP contribution in [0.1, 0.15) is 31.5 Å². The van der Waals surface area contributed by atoms with Crippen LogP contribution in [0.15, 0.2) is 0 Å². The number of aryl methyl sites for hydroxylation is 1. The van der Waals surface area contributed by atoms with E-state index in [-0.39, 0.29) is 5.75 Å². The highest BCUT2D eigenvalue weighted by atomic mass is 32.2. The summed E-state index contributed by atoms with van der Waals surface area (Å²) in [5.74, 6) is 1.60. The van der Waals surface area contributed by atoms with Gasteiger partial charge in [0.25, 0.3) is 0 Å². The molecule has 84 valence electrons. The van der Waals surface area contributed by atoms with Gasteiger partial charge in [-0.1, -0.05) is 0 Å². The van der Waals surface area contributed by atoms with Gasteiger partial charge >= 0.3 is 5.97 Å². The highest BCUT2D eigenvalue weighted by Gasteiger charge is 2.11. The van der Waals surface area contributed by atoms with Gasteiger partial charge in [0.15, 0.2) is 0 Å². The highest BCUT2D eigenvalue weighted by Crippen LogP contribution is 2.16. The van der Waals surface area contributed by atoms with Gasteiger partial charge in [-0.05, 0) is 20.8 Å². The van der Waals surface area contributed by atoms with E-state index >= 15 is 0 Å². The third kappa shape index (κ3) is 3.23. The van der Waals surface area contributed by atoms with Crippen molar-refractivity contribution in [2.75, 3.05) is 5.75 Å². The van der Waals surface area contributed by atoms with E-state index in [0.717, 1.165) is 11.6 Å². The van der Waals surface area contributed by atoms with Crippen molar-refractivity contribution >= 4 is 17.7 Å². The molecule has 0 aliphatic rings. The number of hydrogen-bond acceptors (Lipinski definition) is 4. The van der Waals surface area contributed by atoms with Crippen LogP contribution in [0.4, 0.5) is 0 Å². The van der Waals surface area contributed by atoms with Gasteiger partial charge in [0.1, 0.15) is 11.6 Å². The third-order valence-corrected chi connectivity index (χ3v) is 2.82. The van der Waals surface area contributed by atoms with Crippen LogP contribution in [0.2, 0.25) is 0 Å². The lowest BCUT2D eigenvalue weighted by molar-refractivity contribution is -0.133. The second-order valence-corrected chi connectivity index (χ2v) is 4.50. The predicted octanol–water partition coefficient (Wildman–Crippen LogP) is 1.49. The van der Waals surface area contributed by atoms with E-state index in [4.69, 9.17) is 5.11 Å². The molecular formula is C9H15N3O2S. The molecule has 0 amide bonds. The molecule has 0 aliphatic carbocycles. The first-order chi connectivity index (χ1) is 7.02. The quantitative estimate of drug-likeness (QED) is 0.828. The molecule has 5 nitrogen and oxygen atoms in total. The summed E-state index contributed by atoms with van der Waals surface area (Å²) in [6.07, 6.45) is 0. The number of hydrogen-bond donors (Lipinski definition) is 1. The van der Waals surface area contributed by atoms with Crippen LogP contribution in [0.3, 0.4) is 0 Å². The van der Waals surface area contributed by atoms with Gasteiger partial charge in [0, 0.05) is 6.04 Å². The van der Waals surface area contributed by atoms with Crippen LogP contribution in [0.5, 0.6) is 0 Å². The van der Waals surface area contributed by atoms with E-state index < -0.39 is 5.97 Å². The summed E-state index contributed by atoms with van der Waals surface area (Å²) in [5, 5.41) is 16.5. The number of aliphatic carboxylic acids is 1. The summed E-state index contributed by atoms with van der Waals surface area (Å²) in [5.41, 5.74) is 0. The van der Waals surface area contributed by atoms with Gasteiger partial charge in [0.2, 0.25) is 0 Å². The number of carbonyl (C=O) groups is 1. The second kappa shape index (κ2) is 5.16. The molecule has 1 N–H and O–H groups in total. The Balaban J connectivity index is 2.64. The first-order valence-corrected chi connectivity index (χ1v) is 5.87. The Morgan fingerprint density at radius 2 is 2.20 bits per heavy atom. The topological polar surface area (TPSA) is 68.0 Å². The number of thioether (sulfide) groups is 1. The van der Waals surface area contributed by atoms with Crippen LogP contribution in [-0.4, -0.2) is 31.6 Å². The van der Waals surface area contributed by atoms with E-state index in [1.807, 2.05) is 11.5 Å². The zero-order valence-corrected chi connectivity index (χ0v) is 9.91. The summed E-state index contributed by atoms with van der Waals surface area (Å²) in [6, 6.07) is 0.306. The van der Waals surface area contributed by atoms with Crippen LogP contribution in [0.25, 0.3) is 0 Å². The van der Waals surface area contributed by atoms with E-state index in [2.05, 4.69) is 24.0 Å². The van der Waals surface area contributed by atoms with Gasteiger partial charge in [0.05, 0.1) is 11.5 Å². The van der Waals surface area contributed by atoms with Crippen molar-refractivity contribution in [2.24, 2.45) is 0 Å². The summed E-state index contributed by atoms with van der Waals surface area (Å²) < 4.78 is 2.02. The maximum absolute atomic E-state index is 10.3. The molecule has 1 aromatic rings. The third-order valence-electron chi connectivity index (χ3n) is 1.91. The molecule has 0 radical (unpaired) electrons. The lowest BCUT2D eigenvalue weighted by Gasteiger charge is -2.11. The fraction of sp³-hybridized carbons (Fsp3) is 0.667. The van der Waals surface area contributed by atoms with Gasteiger partial charge in [-0.25, -0.2) is 0 Å². The molecule has 15 heavy (non-hydrogen) atoms. The summed E-state index contributed by atoms with van der Waals surface area (Å²) in [4.78, 5) is 10.3. The maximum Gasteiger partial charge on any atom is 0.313 e. The van der Waals surface area contributed by atoms with Gasteiger partial charge in [-0.15, -0.1) is 22.0 Å². The lowest BCUT2D eigenvalue weighted by Crippen LogP contribution is -2.08.